The van der Waals surface area contributed by atoms with Crippen LogP contribution >= 0.6 is 0 Å². The second kappa shape index (κ2) is 3.67. The molecule has 0 unspecified atom stereocenters. The Balaban J connectivity index is 1.54. The first-order valence-corrected chi connectivity index (χ1v) is 6.00. The van der Waals surface area contributed by atoms with E-state index in [1.807, 2.05) is 7.05 Å². The van der Waals surface area contributed by atoms with E-state index in [4.69, 9.17) is 4.74 Å². The van der Waals surface area contributed by atoms with Gasteiger partial charge in [-0.05, 0) is 32.1 Å². The van der Waals surface area contributed by atoms with Crippen molar-refractivity contribution in [3.05, 3.63) is 0 Å². The van der Waals surface area contributed by atoms with Gasteiger partial charge in [0.15, 0.2) is 5.96 Å². The molecule has 2 saturated heterocycles. The molecule has 2 aliphatic heterocycles. The Labute approximate surface area is 90.5 Å². The average Bonchev–Trinajstić information content (AvgIpc) is 2.82. The molecule has 0 aromatic heterocycles. The van der Waals surface area contributed by atoms with Crippen LogP contribution in [-0.4, -0.2) is 37.3 Å². The molecular weight excluding hydrogens is 190 g/mol. The van der Waals surface area contributed by atoms with E-state index in [0.717, 1.165) is 12.4 Å². The Hall–Kier alpha value is -0.770. The SMILES string of the molecule is CN=C(NC1CC1)N[C@@H]1C[C@H]2CC[C@@H]1O2. The normalized spacial score (nSPS) is 39.5. The smallest absolute Gasteiger partial charge is 0.191 e. The molecule has 3 aliphatic rings. The van der Waals surface area contributed by atoms with Crippen LogP contribution in [0.25, 0.3) is 0 Å². The van der Waals surface area contributed by atoms with Gasteiger partial charge in [-0.2, -0.15) is 0 Å². The van der Waals surface area contributed by atoms with Gasteiger partial charge in [0.25, 0.3) is 0 Å². The zero-order valence-electron chi connectivity index (χ0n) is 9.20. The highest BCUT2D eigenvalue weighted by molar-refractivity contribution is 5.80. The summed E-state index contributed by atoms with van der Waals surface area (Å²) in [6.07, 6.45) is 7.11. The van der Waals surface area contributed by atoms with E-state index in [1.54, 1.807) is 0 Å². The first-order valence-electron chi connectivity index (χ1n) is 6.00. The van der Waals surface area contributed by atoms with Crippen LogP contribution in [0, 0.1) is 0 Å². The van der Waals surface area contributed by atoms with Gasteiger partial charge < -0.3 is 15.4 Å². The molecular formula is C11H19N3O. The molecule has 0 amide bonds. The minimum Gasteiger partial charge on any atom is -0.373 e. The quantitative estimate of drug-likeness (QED) is 0.518. The van der Waals surface area contributed by atoms with E-state index in [9.17, 15) is 0 Å². The summed E-state index contributed by atoms with van der Waals surface area (Å²) in [5.41, 5.74) is 0. The van der Waals surface area contributed by atoms with Crippen LogP contribution in [0.5, 0.6) is 0 Å². The number of nitrogens with zero attached hydrogens (tertiary/aromatic N) is 1. The average molecular weight is 209 g/mol. The first kappa shape index (κ1) is 9.46. The van der Waals surface area contributed by atoms with Crippen LogP contribution in [0.3, 0.4) is 0 Å². The molecule has 2 N–H and O–H groups in total. The molecule has 0 aromatic carbocycles. The third-order valence-corrected chi connectivity index (χ3v) is 3.57. The van der Waals surface area contributed by atoms with Crippen LogP contribution in [0.15, 0.2) is 4.99 Å². The molecule has 0 radical (unpaired) electrons. The number of hydrogen-bond acceptors (Lipinski definition) is 2. The summed E-state index contributed by atoms with van der Waals surface area (Å²) in [4.78, 5) is 4.25. The van der Waals surface area contributed by atoms with Crippen LogP contribution < -0.4 is 10.6 Å². The van der Waals surface area contributed by atoms with Gasteiger partial charge >= 0.3 is 0 Å². The Kier molecular flexibility index (Phi) is 2.31. The van der Waals surface area contributed by atoms with Gasteiger partial charge in [0.2, 0.25) is 0 Å². The maximum Gasteiger partial charge on any atom is 0.191 e. The van der Waals surface area contributed by atoms with Gasteiger partial charge in [0.05, 0.1) is 18.2 Å². The lowest BCUT2D eigenvalue weighted by Crippen LogP contribution is -2.47. The summed E-state index contributed by atoms with van der Waals surface area (Å²) in [6, 6.07) is 1.14. The maximum absolute atomic E-state index is 5.81. The van der Waals surface area contributed by atoms with Crippen molar-refractivity contribution in [2.45, 2.75) is 56.4 Å². The van der Waals surface area contributed by atoms with Crippen molar-refractivity contribution in [3.63, 3.8) is 0 Å². The molecule has 1 aliphatic carbocycles. The molecule has 3 fully saturated rings. The Morgan fingerprint density at radius 1 is 1.20 bits per heavy atom. The summed E-state index contributed by atoms with van der Waals surface area (Å²) in [5, 5.41) is 6.89. The van der Waals surface area contributed by atoms with E-state index >= 15 is 0 Å². The monoisotopic (exact) mass is 209 g/mol. The number of rotatable bonds is 2. The lowest BCUT2D eigenvalue weighted by atomic mass is 9.96. The standard InChI is InChI=1S/C11H19N3O/c1-12-11(13-7-2-3-7)14-9-6-8-4-5-10(9)15-8/h7-10H,2-6H2,1H3,(H2,12,13,14)/t8-,9-,10+/m1/s1. The van der Waals surface area contributed by atoms with Gasteiger partial charge in [-0.3, -0.25) is 4.99 Å². The van der Waals surface area contributed by atoms with E-state index in [-0.39, 0.29) is 0 Å². The third kappa shape index (κ3) is 1.95. The second-order valence-corrected chi connectivity index (χ2v) is 4.85. The van der Waals surface area contributed by atoms with Gasteiger partial charge in [-0.15, -0.1) is 0 Å². The highest BCUT2D eigenvalue weighted by Gasteiger charge is 2.41. The van der Waals surface area contributed by atoms with Gasteiger partial charge in [-0.25, -0.2) is 0 Å². The number of aliphatic imine (C=N–C) groups is 1. The number of fused-ring (bicyclic) bond motifs is 2. The molecule has 4 nitrogen and oxygen atoms in total. The van der Waals surface area contributed by atoms with Crippen molar-refractivity contribution in [1.29, 1.82) is 0 Å². The number of hydrogen-bond donors (Lipinski definition) is 2. The topological polar surface area (TPSA) is 45.7 Å². The van der Waals surface area contributed by atoms with E-state index in [1.165, 1.54) is 25.7 Å². The van der Waals surface area contributed by atoms with Crippen molar-refractivity contribution in [2.24, 2.45) is 4.99 Å². The predicted octanol–water partition coefficient (Wildman–Crippen LogP) is 0.634. The van der Waals surface area contributed by atoms with Gasteiger partial charge in [0, 0.05) is 13.1 Å². The molecule has 15 heavy (non-hydrogen) atoms. The van der Waals surface area contributed by atoms with Crippen LogP contribution in [0.2, 0.25) is 0 Å². The largest absolute Gasteiger partial charge is 0.373 e. The summed E-state index contributed by atoms with van der Waals surface area (Å²) in [6.45, 7) is 0. The molecule has 4 heteroatoms. The van der Waals surface area contributed by atoms with Gasteiger partial charge in [-0.1, -0.05) is 0 Å². The maximum atomic E-state index is 5.81. The Morgan fingerprint density at radius 2 is 2.07 bits per heavy atom. The van der Waals surface area contributed by atoms with Crippen molar-refractivity contribution in [2.75, 3.05) is 7.05 Å². The zero-order chi connectivity index (χ0) is 10.3. The molecule has 3 rings (SSSR count). The number of guanidine groups is 1. The lowest BCUT2D eigenvalue weighted by molar-refractivity contribution is 0.0992. The van der Waals surface area contributed by atoms with Crippen LogP contribution in [0.1, 0.15) is 32.1 Å². The summed E-state index contributed by atoms with van der Waals surface area (Å²) >= 11 is 0. The van der Waals surface area contributed by atoms with Gasteiger partial charge in [0.1, 0.15) is 0 Å². The minimum absolute atomic E-state index is 0.424. The van der Waals surface area contributed by atoms with Crippen LogP contribution in [-0.2, 0) is 4.74 Å². The third-order valence-electron chi connectivity index (χ3n) is 3.57. The molecule has 0 aromatic rings. The van der Waals surface area contributed by atoms with Crippen LogP contribution in [0.4, 0.5) is 0 Å². The van der Waals surface area contributed by atoms with Crippen molar-refractivity contribution in [1.82, 2.24) is 10.6 Å². The summed E-state index contributed by atoms with van der Waals surface area (Å²) in [7, 11) is 1.84. The fourth-order valence-electron chi connectivity index (χ4n) is 2.56. The Morgan fingerprint density at radius 3 is 2.60 bits per heavy atom. The minimum atomic E-state index is 0.424. The molecule has 2 heterocycles. The number of ether oxygens (including phenoxy) is 1. The second-order valence-electron chi connectivity index (χ2n) is 4.85. The highest BCUT2D eigenvalue weighted by atomic mass is 16.5. The van der Waals surface area contributed by atoms with Crippen molar-refractivity contribution >= 4 is 5.96 Å². The molecule has 84 valence electrons. The Bertz CT molecular complexity index is 275. The number of nitrogens with one attached hydrogen (secondary N) is 2. The van der Waals surface area contributed by atoms with Crippen molar-refractivity contribution < 1.29 is 4.74 Å². The van der Waals surface area contributed by atoms with E-state index in [0.29, 0.717) is 24.3 Å². The zero-order valence-corrected chi connectivity index (χ0v) is 9.20. The molecule has 1 saturated carbocycles. The fourth-order valence-corrected chi connectivity index (χ4v) is 2.56. The van der Waals surface area contributed by atoms with E-state index < -0.39 is 0 Å². The lowest BCUT2D eigenvalue weighted by Gasteiger charge is -2.22. The molecule has 0 spiro atoms. The molecule has 2 bridgehead atoms. The summed E-state index contributed by atoms with van der Waals surface area (Å²) in [5.74, 6) is 0.957. The predicted molar refractivity (Wildman–Crippen MR) is 59.0 cm³/mol. The highest BCUT2D eigenvalue weighted by Crippen LogP contribution is 2.34. The first-order chi connectivity index (χ1) is 7.35. The van der Waals surface area contributed by atoms with E-state index in [2.05, 4.69) is 15.6 Å². The summed E-state index contributed by atoms with van der Waals surface area (Å²) < 4.78 is 5.81. The molecule has 3 atom stereocenters. The fraction of sp³-hybridized carbons (Fsp3) is 0.909. The van der Waals surface area contributed by atoms with Crippen molar-refractivity contribution in [3.8, 4) is 0 Å².